The van der Waals surface area contributed by atoms with Crippen LogP contribution in [-0.4, -0.2) is 26.4 Å². The topological polar surface area (TPSA) is 81.2 Å². The van der Waals surface area contributed by atoms with Gasteiger partial charge in [0.05, 0.1) is 17.8 Å². The first kappa shape index (κ1) is 10.1. The highest BCUT2D eigenvalue weighted by Crippen LogP contribution is 2.21. The van der Waals surface area contributed by atoms with Crippen molar-refractivity contribution in [3.05, 3.63) is 20.8 Å². The van der Waals surface area contributed by atoms with Crippen molar-refractivity contribution in [3.8, 4) is 0 Å². The number of halogens is 1. The molecule has 0 atom stereocenters. The molecule has 0 fully saturated rings. The molecule has 0 aliphatic heterocycles. The van der Waals surface area contributed by atoms with E-state index in [1.165, 1.54) is 10.9 Å². The van der Waals surface area contributed by atoms with Crippen molar-refractivity contribution < 1.29 is 10.0 Å². The molecule has 0 saturated carbocycles. The van der Waals surface area contributed by atoms with E-state index in [2.05, 4.69) is 21.0 Å². The van der Waals surface area contributed by atoms with Gasteiger partial charge in [0, 0.05) is 6.61 Å². The van der Waals surface area contributed by atoms with E-state index in [0.29, 0.717) is 17.4 Å². The number of hydrogen-bond donors (Lipinski definition) is 1. The molecule has 1 aromatic rings. The van der Waals surface area contributed by atoms with E-state index in [1.54, 1.807) is 0 Å². The Labute approximate surface area is 82.4 Å². The average Bonchev–Trinajstić information content (AvgIpc) is 2.43. The highest BCUT2D eigenvalue weighted by Gasteiger charge is 2.17. The van der Waals surface area contributed by atoms with E-state index in [9.17, 15) is 10.1 Å². The van der Waals surface area contributed by atoms with Gasteiger partial charge in [-0.1, -0.05) is 0 Å². The van der Waals surface area contributed by atoms with Crippen molar-refractivity contribution in [1.82, 2.24) is 9.78 Å². The molecule has 0 saturated heterocycles. The van der Waals surface area contributed by atoms with Crippen LogP contribution >= 0.6 is 15.9 Å². The van der Waals surface area contributed by atoms with E-state index >= 15 is 0 Å². The standard InChI is InChI=1S/C6H8BrN3O3/c7-5-4-9(2-1-3-11)8-6(5)10(12)13/h4,11H,1-3H2. The van der Waals surface area contributed by atoms with Crippen LogP contribution in [0.5, 0.6) is 0 Å². The molecule has 6 nitrogen and oxygen atoms in total. The minimum atomic E-state index is -0.556. The molecule has 1 N–H and O–H groups in total. The summed E-state index contributed by atoms with van der Waals surface area (Å²) in [5.41, 5.74) is 0. The molecule has 0 aliphatic rings. The second kappa shape index (κ2) is 4.33. The van der Waals surface area contributed by atoms with Gasteiger partial charge in [0.25, 0.3) is 0 Å². The number of aryl methyl sites for hydroxylation is 1. The van der Waals surface area contributed by atoms with Crippen molar-refractivity contribution in [2.75, 3.05) is 6.61 Å². The SMILES string of the molecule is O=[N+]([O-])c1nn(CCCO)cc1Br. The summed E-state index contributed by atoms with van der Waals surface area (Å²) in [6.07, 6.45) is 2.05. The average molecular weight is 250 g/mol. The van der Waals surface area contributed by atoms with Crippen LogP contribution < -0.4 is 0 Å². The lowest BCUT2D eigenvalue weighted by atomic mass is 10.5. The van der Waals surface area contributed by atoms with Crippen LogP contribution in [0.3, 0.4) is 0 Å². The van der Waals surface area contributed by atoms with Crippen molar-refractivity contribution in [1.29, 1.82) is 0 Å². The van der Waals surface area contributed by atoms with Crippen molar-refractivity contribution in [2.24, 2.45) is 0 Å². The van der Waals surface area contributed by atoms with Crippen LogP contribution in [0.15, 0.2) is 10.7 Å². The molecule has 72 valence electrons. The van der Waals surface area contributed by atoms with Crippen molar-refractivity contribution in [2.45, 2.75) is 13.0 Å². The third kappa shape index (κ3) is 2.49. The Morgan fingerprint density at radius 1 is 1.77 bits per heavy atom. The lowest BCUT2D eigenvalue weighted by Crippen LogP contribution is -2.01. The number of nitro groups is 1. The zero-order valence-corrected chi connectivity index (χ0v) is 8.27. The maximum atomic E-state index is 10.4. The maximum Gasteiger partial charge on any atom is 0.404 e. The lowest BCUT2D eigenvalue weighted by molar-refractivity contribution is -0.390. The van der Waals surface area contributed by atoms with E-state index in [0.717, 1.165) is 0 Å². The zero-order chi connectivity index (χ0) is 9.84. The van der Waals surface area contributed by atoms with E-state index < -0.39 is 4.92 Å². The highest BCUT2D eigenvalue weighted by molar-refractivity contribution is 9.10. The molecular formula is C6H8BrN3O3. The molecule has 0 bridgehead atoms. The van der Waals surface area contributed by atoms with Gasteiger partial charge in [-0.05, 0) is 27.3 Å². The summed E-state index contributed by atoms with van der Waals surface area (Å²) in [7, 11) is 0. The summed E-state index contributed by atoms with van der Waals surface area (Å²) in [6, 6.07) is 0. The quantitative estimate of drug-likeness (QED) is 0.636. The monoisotopic (exact) mass is 249 g/mol. The fourth-order valence-electron chi connectivity index (χ4n) is 0.858. The predicted octanol–water partition coefficient (Wildman–Crippen LogP) is 0.936. The highest BCUT2D eigenvalue weighted by atomic mass is 79.9. The molecule has 0 amide bonds. The summed E-state index contributed by atoms with van der Waals surface area (Å²) in [6.45, 7) is 0.522. The van der Waals surface area contributed by atoms with Gasteiger partial charge in [0.1, 0.15) is 4.47 Å². The van der Waals surface area contributed by atoms with Gasteiger partial charge in [-0.15, -0.1) is 0 Å². The number of hydrogen-bond acceptors (Lipinski definition) is 4. The lowest BCUT2D eigenvalue weighted by Gasteiger charge is -1.91. The Kier molecular flexibility index (Phi) is 3.38. The van der Waals surface area contributed by atoms with E-state index in [1.807, 2.05) is 0 Å². The smallest absolute Gasteiger partial charge is 0.396 e. The first-order valence-corrected chi connectivity index (χ1v) is 4.42. The Morgan fingerprint density at radius 2 is 2.46 bits per heavy atom. The fourth-order valence-corrected chi connectivity index (χ4v) is 1.32. The Bertz CT molecular complexity index is 312. The fraction of sp³-hybridized carbons (Fsp3) is 0.500. The minimum Gasteiger partial charge on any atom is -0.396 e. The minimum absolute atomic E-state index is 0.0469. The number of nitrogens with zero attached hydrogens (tertiary/aromatic N) is 3. The summed E-state index contributed by atoms with van der Waals surface area (Å²) in [4.78, 5) is 9.80. The molecule has 7 heteroatoms. The largest absolute Gasteiger partial charge is 0.404 e. The van der Waals surface area contributed by atoms with Gasteiger partial charge < -0.3 is 15.2 Å². The number of aromatic nitrogens is 2. The summed E-state index contributed by atoms with van der Waals surface area (Å²) in [5.74, 6) is -0.196. The Hall–Kier alpha value is -0.950. The first-order valence-electron chi connectivity index (χ1n) is 3.63. The van der Waals surface area contributed by atoms with Crippen molar-refractivity contribution >= 4 is 21.7 Å². The normalized spacial score (nSPS) is 10.3. The van der Waals surface area contributed by atoms with Crippen LogP contribution in [0.2, 0.25) is 0 Å². The molecule has 0 aromatic carbocycles. The van der Waals surface area contributed by atoms with Crippen LogP contribution in [0.4, 0.5) is 5.82 Å². The van der Waals surface area contributed by atoms with Gasteiger partial charge in [-0.2, -0.15) is 4.68 Å². The van der Waals surface area contributed by atoms with E-state index in [-0.39, 0.29) is 12.4 Å². The van der Waals surface area contributed by atoms with Crippen LogP contribution in [0.1, 0.15) is 6.42 Å². The molecule has 1 rings (SSSR count). The first-order chi connectivity index (χ1) is 6.15. The molecular weight excluding hydrogens is 242 g/mol. The molecule has 0 aliphatic carbocycles. The van der Waals surface area contributed by atoms with E-state index in [4.69, 9.17) is 5.11 Å². The van der Waals surface area contributed by atoms with Gasteiger partial charge in [0.2, 0.25) is 0 Å². The van der Waals surface area contributed by atoms with Crippen LogP contribution in [0.25, 0.3) is 0 Å². The molecule has 0 spiro atoms. The summed E-state index contributed by atoms with van der Waals surface area (Å²) >= 11 is 3.02. The molecule has 1 heterocycles. The Morgan fingerprint density at radius 3 is 2.92 bits per heavy atom. The number of aliphatic hydroxyl groups is 1. The second-order valence-electron chi connectivity index (χ2n) is 2.40. The Balaban J connectivity index is 2.76. The molecule has 0 unspecified atom stereocenters. The number of rotatable bonds is 4. The van der Waals surface area contributed by atoms with Gasteiger partial charge in [-0.25, -0.2) is 0 Å². The van der Waals surface area contributed by atoms with Crippen molar-refractivity contribution in [3.63, 3.8) is 0 Å². The third-order valence-electron chi connectivity index (χ3n) is 1.42. The van der Waals surface area contributed by atoms with Gasteiger partial charge in [0.15, 0.2) is 0 Å². The maximum absolute atomic E-state index is 10.4. The summed E-state index contributed by atoms with van der Waals surface area (Å²) in [5, 5.41) is 22.6. The molecule has 13 heavy (non-hydrogen) atoms. The third-order valence-corrected chi connectivity index (χ3v) is 1.98. The van der Waals surface area contributed by atoms with Crippen LogP contribution in [-0.2, 0) is 6.54 Å². The number of aliphatic hydroxyl groups excluding tert-OH is 1. The van der Waals surface area contributed by atoms with Crippen LogP contribution in [0, 0.1) is 10.1 Å². The van der Waals surface area contributed by atoms with Gasteiger partial charge in [-0.3, -0.25) is 0 Å². The predicted molar refractivity (Wildman–Crippen MR) is 48.3 cm³/mol. The zero-order valence-electron chi connectivity index (χ0n) is 6.68. The second-order valence-corrected chi connectivity index (χ2v) is 3.25. The summed E-state index contributed by atoms with van der Waals surface area (Å²) < 4.78 is 1.79. The molecule has 1 aromatic heterocycles. The van der Waals surface area contributed by atoms with Gasteiger partial charge >= 0.3 is 5.82 Å². The molecule has 0 radical (unpaired) electrons.